The monoisotopic (exact) mass is 212 g/mol. The van der Waals surface area contributed by atoms with Gasteiger partial charge in [0.25, 0.3) is 0 Å². The summed E-state index contributed by atoms with van der Waals surface area (Å²) >= 11 is 1.38. The van der Waals surface area contributed by atoms with E-state index in [0.29, 0.717) is 4.83 Å². The zero-order chi connectivity index (χ0) is 10.3. The number of nitrogens with zero attached hydrogens (tertiary/aromatic N) is 2. The summed E-state index contributed by atoms with van der Waals surface area (Å²) in [7, 11) is 1.41. The predicted octanol–water partition coefficient (Wildman–Crippen LogP) is 1.41. The molecule has 74 valence electrons. The average Bonchev–Trinajstić information content (AvgIpc) is 2.58. The first-order valence-electron chi connectivity index (χ1n) is 3.89. The van der Waals surface area contributed by atoms with Crippen LogP contribution in [-0.2, 0) is 0 Å². The standard InChI is InChI=1S/C8H8N2O3S/c1-4-3-10-7(14-4)5(8(11)12)6(9-10)13-2/h3H,1-2H3,(H,11,12). The lowest BCUT2D eigenvalue weighted by atomic mass is 10.3. The maximum atomic E-state index is 10.9. The molecule has 6 heteroatoms. The number of hydrogen-bond acceptors (Lipinski definition) is 4. The summed E-state index contributed by atoms with van der Waals surface area (Å²) in [4.78, 5) is 12.6. The number of fused-ring (bicyclic) bond motifs is 1. The van der Waals surface area contributed by atoms with Crippen molar-refractivity contribution in [3.8, 4) is 5.88 Å². The Balaban J connectivity index is 2.77. The normalized spacial score (nSPS) is 10.7. The van der Waals surface area contributed by atoms with E-state index in [9.17, 15) is 4.79 Å². The molecule has 0 saturated carbocycles. The van der Waals surface area contributed by atoms with E-state index in [2.05, 4.69) is 5.10 Å². The van der Waals surface area contributed by atoms with Gasteiger partial charge in [0.05, 0.1) is 7.11 Å². The molecule has 14 heavy (non-hydrogen) atoms. The molecule has 0 atom stereocenters. The minimum atomic E-state index is -1.02. The largest absolute Gasteiger partial charge is 0.479 e. The third kappa shape index (κ3) is 1.15. The van der Waals surface area contributed by atoms with Gasteiger partial charge in [-0.05, 0) is 6.92 Å². The van der Waals surface area contributed by atoms with Gasteiger partial charge in [-0.15, -0.1) is 16.4 Å². The van der Waals surface area contributed by atoms with Gasteiger partial charge in [-0.2, -0.15) is 0 Å². The number of aromatic nitrogens is 2. The van der Waals surface area contributed by atoms with Crippen LogP contribution >= 0.6 is 11.3 Å². The zero-order valence-corrected chi connectivity index (χ0v) is 8.46. The van der Waals surface area contributed by atoms with Crippen molar-refractivity contribution in [1.82, 2.24) is 9.61 Å². The maximum absolute atomic E-state index is 10.9. The molecule has 2 aromatic heterocycles. The van der Waals surface area contributed by atoms with E-state index in [-0.39, 0.29) is 11.4 Å². The summed E-state index contributed by atoms with van der Waals surface area (Å²) in [6, 6.07) is 0. The Labute approximate surface area is 83.5 Å². The fourth-order valence-electron chi connectivity index (χ4n) is 1.26. The molecule has 1 N–H and O–H groups in total. The number of carboxylic acid groups (broad SMARTS) is 1. The number of rotatable bonds is 2. The van der Waals surface area contributed by atoms with E-state index in [1.807, 2.05) is 6.92 Å². The summed E-state index contributed by atoms with van der Waals surface area (Å²) in [5, 5.41) is 13.0. The first-order valence-corrected chi connectivity index (χ1v) is 4.71. The Morgan fingerprint density at radius 1 is 1.71 bits per heavy atom. The number of methoxy groups -OCH3 is 1. The summed E-state index contributed by atoms with van der Waals surface area (Å²) in [5.74, 6) is -0.859. The van der Waals surface area contributed by atoms with Crippen molar-refractivity contribution in [2.75, 3.05) is 7.11 Å². The molecule has 0 spiro atoms. The van der Waals surface area contributed by atoms with Crippen LogP contribution in [0.2, 0.25) is 0 Å². The van der Waals surface area contributed by atoms with Crippen molar-refractivity contribution in [2.24, 2.45) is 0 Å². The van der Waals surface area contributed by atoms with Crippen LogP contribution in [0, 0.1) is 6.92 Å². The van der Waals surface area contributed by atoms with Crippen LogP contribution in [0.5, 0.6) is 5.88 Å². The molecular weight excluding hydrogens is 204 g/mol. The molecule has 5 nitrogen and oxygen atoms in total. The highest BCUT2D eigenvalue weighted by Crippen LogP contribution is 2.27. The predicted molar refractivity (Wildman–Crippen MR) is 51.3 cm³/mol. The van der Waals surface area contributed by atoms with E-state index in [1.165, 1.54) is 23.0 Å². The molecule has 0 aliphatic rings. The van der Waals surface area contributed by atoms with Crippen molar-refractivity contribution in [1.29, 1.82) is 0 Å². The summed E-state index contributed by atoms with van der Waals surface area (Å²) < 4.78 is 6.41. The van der Waals surface area contributed by atoms with Crippen molar-refractivity contribution >= 4 is 22.1 Å². The van der Waals surface area contributed by atoms with Crippen LogP contribution in [0.1, 0.15) is 15.2 Å². The summed E-state index contributed by atoms with van der Waals surface area (Å²) in [5.41, 5.74) is 0.130. The minimum Gasteiger partial charge on any atom is -0.479 e. The highest BCUT2D eigenvalue weighted by Gasteiger charge is 2.21. The highest BCUT2D eigenvalue weighted by atomic mass is 32.1. The number of hydrogen-bond donors (Lipinski definition) is 1. The highest BCUT2D eigenvalue weighted by molar-refractivity contribution is 7.17. The molecule has 0 aliphatic carbocycles. The summed E-state index contributed by atoms with van der Waals surface area (Å²) in [6.45, 7) is 1.90. The van der Waals surface area contributed by atoms with Gasteiger partial charge in [-0.3, -0.25) is 0 Å². The second kappa shape index (κ2) is 2.98. The fraction of sp³-hybridized carbons (Fsp3) is 0.250. The smallest absolute Gasteiger partial charge is 0.344 e. The maximum Gasteiger partial charge on any atom is 0.344 e. The molecule has 2 rings (SSSR count). The van der Waals surface area contributed by atoms with Crippen LogP contribution in [0.3, 0.4) is 0 Å². The second-order valence-corrected chi connectivity index (χ2v) is 4.02. The van der Waals surface area contributed by atoms with Gasteiger partial charge in [-0.25, -0.2) is 9.31 Å². The van der Waals surface area contributed by atoms with Crippen LogP contribution in [0.4, 0.5) is 0 Å². The van der Waals surface area contributed by atoms with E-state index < -0.39 is 5.97 Å². The molecule has 2 aromatic rings. The molecule has 0 radical (unpaired) electrons. The molecule has 2 heterocycles. The molecule has 0 bridgehead atoms. The van der Waals surface area contributed by atoms with E-state index in [4.69, 9.17) is 9.84 Å². The summed E-state index contributed by atoms with van der Waals surface area (Å²) in [6.07, 6.45) is 1.77. The molecule has 0 aliphatic heterocycles. The molecule has 0 fully saturated rings. The van der Waals surface area contributed by atoms with Crippen molar-refractivity contribution < 1.29 is 14.6 Å². The number of aryl methyl sites for hydroxylation is 1. The molecule has 0 aromatic carbocycles. The van der Waals surface area contributed by atoms with Gasteiger partial charge in [0.1, 0.15) is 4.83 Å². The number of carboxylic acids is 1. The second-order valence-electron chi connectivity index (χ2n) is 2.78. The van der Waals surface area contributed by atoms with Gasteiger partial charge >= 0.3 is 5.97 Å². The Kier molecular flexibility index (Phi) is 1.92. The number of aromatic carboxylic acids is 1. The lowest BCUT2D eigenvalue weighted by Gasteiger charge is -1.93. The van der Waals surface area contributed by atoms with Gasteiger partial charge in [-0.1, -0.05) is 0 Å². The molecule has 0 amide bonds. The Hall–Kier alpha value is -1.56. The van der Waals surface area contributed by atoms with Crippen LogP contribution in [0.15, 0.2) is 6.20 Å². The van der Waals surface area contributed by atoms with Crippen molar-refractivity contribution in [3.05, 3.63) is 16.6 Å². The van der Waals surface area contributed by atoms with Gasteiger partial charge < -0.3 is 9.84 Å². The first kappa shape index (κ1) is 9.01. The Morgan fingerprint density at radius 3 is 3.00 bits per heavy atom. The van der Waals surface area contributed by atoms with Gasteiger partial charge in [0.2, 0.25) is 5.88 Å². The number of carbonyl (C=O) groups is 1. The van der Waals surface area contributed by atoms with E-state index in [0.717, 1.165) is 4.88 Å². The zero-order valence-electron chi connectivity index (χ0n) is 7.64. The molecule has 0 unspecified atom stereocenters. The third-order valence-electron chi connectivity index (χ3n) is 1.80. The van der Waals surface area contributed by atoms with Gasteiger partial charge in [0, 0.05) is 11.1 Å². The lowest BCUT2D eigenvalue weighted by Crippen LogP contribution is -1.97. The van der Waals surface area contributed by atoms with Crippen molar-refractivity contribution in [3.63, 3.8) is 0 Å². The van der Waals surface area contributed by atoms with Crippen molar-refractivity contribution in [2.45, 2.75) is 6.92 Å². The SMILES string of the molecule is COc1nn2cc(C)sc2c1C(=O)O. The van der Waals surface area contributed by atoms with Crippen LogP contribution in [-0.4, -0.2) is 27.8 Å². The quantitative estimate of drug-likeness (QED) is 0.817. The number of thiazole rings is 1. The molecule has 0 saturated heterocycles. The third-order valence-corrected chi connectivity index (χ3v) is 2.82. The Bertz CT molecular complexity index is 500. The minimum absolute atomic E-state index is 0.130. The van der Waals surface area contributed by atoms with E-state index >= 15 is 0 Å². The Morgan fingerprint density at radius 2 is 2.43 bits per heavy atom. The lowest BCUT2D eigenvalue weighted by molar-refractivity contribution is 0.0695. The topological polar surface area (TPSA) is 63.8 Å². The van der Waals surface area contributed by atoms with Gasteiger partial charge in [0.15, 0.2) is 5.56 Å². The van der Waals surface area contributed by atoms with E-state index in [1.54, 1.807) is 6.20 Å². The van der Waals surface area contributed by atoms with Crippen LogP contribution in [0.25, 0.3) is 4.83 Å². The first-order chi connectivity index (χ1) is 6.63. The molecular formula is C8H8N2O3S. The fourth-order valence-corrected chi connectivity index (χ4v) is 2.18. The van der Waals surface area contributed by atoms with Crippen LogP contribution < -0.4 is 4.74 Å². The number of ether oxygens (including phenoxy) is 1. The average molecular weight is 212 g/mol.